The molecule has 0 bridgehead atoms. The fourth-order valence-electron chi connectivity index (χ4n) is 1.41. The average Bonchev–Trinajstić information content (AvgIpc) is 2.83. The van der Waals surface area contributed by atoms with Gasteiger partial charge in [0.05, 0.1) is 18.4 Å². The number of furan rings is 1. The molecule has 1 aromatic carbocycles. The zero-order valence-corrected chi connectivity index (χ0v) is 9.13. The average molecular weight is 232 g/mol. The molecule has 2 rings (SSSR count). The Labute approximate surface area is 98.4 Å². The number of benzene rings is 1. The van der Waals surface area contributed by atoms with Crippen molar-refractivity contribution >= 4 is 5.97 Å². The molecule has 0 spiro atoms. The second-order valence-corrected chi connectivity index (χ2v) is 3.57. The molecule has 0 amide bonds. The van der Waals surface area contributed by atoms with Crippen molar-refractivity contribution in [3.8, 4) is 0 Å². The third-order valence-electron chi connectivity index (χ3n) is 2.29. The fraction of sp³-hybridized carbons (Fsp3) is 0.154. The maximum atomic E-state index is 10.6. The summed E-state index contributed by atoms with van der Waals surface area (Å²) in [5, 5.41) is 8.73. The summed E-state index contributed by atoms with van der Waals surface area (Å²) in [4.78, 5) is 10.6. The molecule has 1 N–H and O–H groups in total. The number of hydrogen-bond donors (Lipinski definition) is 1. The fourth-order valence-corrected chi connectivity index (χ4v) is 1.41. The lowest BCUT2D eigenvalue weighted by Gasteiger charge is -2.03. The lowest BCUT2D eigenvalue weighted by Crippen LogP contribution is -1.97. The van der Waals surface area contributed by atoms with Crippen LogP contribution in [0.4, 0.5) is 0 Å². The van der Waals surface area contributed by atoms with Crippen molar-refractivity contribution in [3.05, 3.63) is 59.5 Å². The molecule has 4 nitrogen and oxygen atoms in total. The van der Waals surface area contributed by atoms with Gasteiger partial charge in [0.15, 0.2) is 0 Å². The SMILES string of the molecule is O=C(O)c1ccc(COCc2ccco2)cc1. The Morgan fingerprint density at radius 3 is 2.53 bits per heavy atom. The van der Waals surface area contributed by atoms with Gasteiger partial charge >= 0.3 is 5.97 Å². The van der Waals surface area contributed by atoms with E-state index in [-0.39, 0.29) is 5.56 Å². The number of carboxylic acid groups (broad SMARTS) is 1. The predicted octanol–water partition coefficient (Wildman–Crippen LogP) is 2.69. The van der Waals surface area contributed by atoms with Gasteiger partial charge in [-0.1, -0.05) is 12.1 Å². The Kier molecular flexibility index (Phi) is 3.57. The van der Waals surface area contributed by atoms with Crippen molar-refractivity contribution in [1.29, 1.82) is 0 Å². The van der Waals surface area contributed by atoms with E-state index in [1.54, 1.807) is 36.6 Å². The van der Waals surface area contributed by atoms with Crippen LogP contribution in [0.1, 0.15) is 21.7 Å². The first-order valence-corrected chi connectivity index (χ1v) is 5.18. The number of aromatic carboxylic acids is 1. The van der Waals surface area contributed by atoms with E-state index in [1.807, 2.05) is 6.07 Å². The van der Waals surface area contributed by atoms with Crippen LogP contribution in [0.5, 0.6) is 0 Å². The van der Waals surface area contributed by atoms with Crippen LogP contribution in [0, 0.1) is 0 Å². The zero-order chi connectivity index (χ0) is 12.1. The Morgan fingerprint density at radius 2 is 1.94 bits per heavy atom. The van der Waals surface area contributed by atoms with Gasteiger partial charge < -0.3 is 14.3 Å². The molecule has 4 heteroatoms. The normalized spacial score (nSPS) is 10.4. The van der Waals surface area contributed by atoms with Gasteiger partial charge in [0.2, 0.25) is 0 Å². The molecule has 88 valence electrons. The highest BCUT2D eigenvalue weighted by molar-refractivity contribution is 5.87. The smallest absolute Gasteiger partial charge is 0.335 e. The molecule has 0 aliphatic heterocycles. The molecule has 0 atom stereocenters. The second-order valence-electron chi connectivity index (χ2n) is 3.57. The molecule has 0 aliphatic carbocycles. The topological polar surface area (TPSA) is 59.7 Å². The molecule has 2 aromatic rings. The molecule has 1 aromatic heterocycles. The number of carboxylic acids is 1. The van der Waals surface area contributed by atoms with Crippen molar-refractivity contribution in [3.63, 3.8) is 0 Å². The molecule has 0 aliphatic rings. The minimum atomic E-state index is -0.923. The van der Waals surface area contributed by atoms with Gasteiger partial charge in [0.1, 0.15) is 12.4 Å². The Balaban J connectivity index is 1.85. The maximum absolute atomic E-state index is 10.6. The van der Waals surface area contributed by atoms with Crippen molar-refractivity contribution in [2.45, 2.75) is 13.2 Å². The van der Waals surface area contributed by atoms with Gasteiger partial charge in [0, 0.05) is 0 Å². The molecule has 0 unspecified atom stereocenters. The third kappa shape index (κ3) is 3.19. The molecule has 0 radical (unpaired) electrons. The standard InChI is InChI=1S/C13H12O4/c14-13(15)11-5-3-10(4-6-11)8-16-9-12-2-1-7-17-12/h1-7H,8-9H2,(H,14,15). The largest absolute Gasteiger partial charge is 0.478 e. The third-order valence-corrected chi connectivity index (χ3v) is 2.29. The summed E-state index contributed by atoms with van der Waals surface area (Å²) in [6.07, 6.45) is 1.60. The monoisotopic (exact) mass is 232 g/mol. The van der Waals surface area contributed by atoms with Crippen molar-refractivity contribution in [2.24, 2.45) is 0 Å². The maximum Gasteiger partial charge on any atom is 0.335 e. The predicted molar refractivity (Wildman–Crippen MR) is 60.6 cm³/mol. The van der Waals surface area contributed by atoms with Crippen LogP contribution in [-0.2, 0) is 18.0 Å². The lowest BCUT2D eigenvalue weighted by atomic mass is 10.1. The van der Waals surface area contributed by atoms with Gasteiger partial charge in [-0.3, -0.25) is 0 Å². The van der Waals surface area contributed by atoms with Crippen LogP contribution >= 0.6 is 0 Å². The van der Waals surface area contributed by atoms with E-state index in [1.165, 1.54) is 0 Å². The van der Waals surface area contributed by atoms with Gasteiger partial charge in [-0.25, -0.2) is 4.79 Å². The molecule has 0 fully saturated rings. The van der Waals surface area contributed by atoms with E-state index in [4.69, 9.17) is 14.3 Å². The Bertz CT molecular complexity index is 471. The summed E-state index contributed by atoms with van der Waals surface area (Å²) < 4.78 is 10.5. The highest BCUT2D eigenvalue weighted by Crippen LogP contribution is 2.08. The number of hydrogen-bond acceptors (Lipinski definition) is 3. The molecular formula is C13H12O4. The number of ether oxygens (including phenoxy) is 1. The minimum Gasteiger partial charge on any atom is -0.478 e. The van der Waals surface area contributed by atoms with Crippen LogP contribution in [0.2, 0.25) is 0 Å². The Morgan fingerprint density at radius 1 is 1.18 bits per heavy atom. The first kappa shape index (κ1) is 11.4. The molecule has 17 heavy (non-hydrogen) atoms. The summed E-state index contributed by atoms with van der Waals surface area (Å²) >= 11 is 0. The van der Waals surface area contributed by atoms with Crippen LogP contribution in [-0.4, -0.2) is 11.1 Å². The van der Waals surface area contributed by atoms with E-state index in [0.29, 0.717) is 13.2 Å². The van der Waals surface area contributed by atoms with Crippen LogP contribution < -0.4 is 0 Å². The summed E-state index contributed by atoms with van der Waals surface area (Å²) in [5.74, 6) is -0.153. The highest BCUT2D eigenvalue weighted by Gasteiger charge is 2.02. The summed E-state index contributed by atoms with van der Waals surface area (Å²) in [6.45, 7) is 0.842. The summed E-state index contributed by atoms with van der Waals surface area (Å²) in [5.41, 5.74) is 1.21. The van der Waals surface area contributed by atoms with E-state index >= 15 is 0 Å². The molecule has 0 saturated carbocycles. The first-order valence-electron chi connectivity index (χ1n) is 5.18. The van der Waals surface area contributed by atoms with Gasteiger partial charge in [-0.2, -0.15) is 0 Å². The van der Waals surface area contributed by atoms with E-state index in [0.717, 1.165) is 11.3 Å². The minimum absolute atomic E-state index is 0.278. The van der Waals surface area contributed by atoms with E-state index < -0.39 is 5.97 Å². The van der Waals surface area contributed by atoms with Crippen LogP contribution in [0.15, 0.2) is 47.1 Å². The van der Waals surface area contributed by atoms with Crippen molar-refractivity contribution in [2.75, 3.05) is 0 Å². The van der Waals surface area contributed by atoms with Crippen LogP contribution in [0.25, 0.3) is 0 Å². The quantitative estimate of drug-likeness (QED) is 0.861. The van der Waals surface area contributed by atoms with Gasteiger partial charge in [0.25, 0.3) is 0 Å². The summed E-state index contributed by atoms with van der Waals surface area (Å²) in [6, 6.07) is 10.3. The number of carbonyl (C=O) groups is 1. The van der Waals surface area contributed by atoms with Crippen molar-refractivity contribution < 1.29 is 19.1 Å². The second kappa shape index (κ2) is 5.32. The molecule has 0 saturated heterocycles. The lowest BCUT2D eigenvalue weighted by molar-refractivity contribution is 0.0696. The summed E-state index contributed by atoms with van der Waals surface area (Å²) in [7, 11) is 0. The van der Waals surface area contributed by atoms with Crippen molar-refractivity contribution in [1.82, 2.24) is 0 Å². The van der Waals surface area contributed by atoms with E-state index in [2.05, 4.69) is 0 Å². The number of rotatable bonds is 5. The van der Waals surface area contributed by atoms with E-state index in [9.17, 15) is 4.79 Å². The Hall–Kier alpha value is -2.07. The van der Waals surface area contributed by atoms with Gasteiger partial charge in [-0.05, 0) is 29.8 Å². The zero-order valence-electron chi connectivity index (χ0n) is 9.13. The highest BCUT2D eigenvalue weighted by atomic mass is 16.5. The van der Waals surface area contributed by atoms with Crippen LogP contribution in [0.3, 0.4) is 0 Å². The first-order chi connectivity index (χ1) is 8.25. The molecular weight excluding hydrogens is 220 g/mol. The van der Waals surface area contributed by atoms with Gasteiger partial charge in [-0.15, -0.1) is 0 Å². The molecule has 1 heterocycles.